The highest BCUT2D eigenvalue weighted by molar-refractivity contribution is 4.58. The molecular formula is C17H36O2. The summed E-state index contributed by atoms with van der Waals surface area (Å²) in [5.74, 6) is 0. The minimum Gasteiger partial charge on any atom is -0.393 e. The fourth-order valence-electron chi connectivity index (χ4n) is 2.54. The Morgan fingerprint density at radius 3 is 1.37 bits per heavy atom. The zero-order valence-electron chi connectivity index (χ0n) is 13.2. The lowest BCUT2D eigenvalue weighted by atomic mass is 10.0. The Morgan fingerprint density at radius 2 is 0.947 bits per heavy atom. The van der Waals surface area contributed by atoms with Gasteiger partial charge in [-0.3, -0.25) is 0 Å². The van der Waals surface area contributed by atoms with Crippen LogP contribution in [0, 0.1) is 0 Å². The summed E-state index contributed by atoms with van der Waals surface area (Å²) in [7, 11) is 0. The highest BCUT2D eigenvalue weighted by atomic mass is 16.3. The molecule has 2 atom stereocenters. The third kappa shape index (κ3) is 14.1. The van der Waals surface area contributed by atoms with Gasteiger partial charge in [0.15, 0.2) is 0 Å². The lowest BCUT2D eigenvalue weighted by Gasteiger charge is -2.11. The van der Waals surface area contributed by atoms with Crippen molar-refractivity contribution in [3.05, 3.63) is 0 Å². The second-order valence-corrected chi connectivity index (χ2v) is 5.94. The topological polar surface area (TPSA) is 40.5 Å². The van der Waals surface area contributed by atoms with Crippen LogP contribution < -0.4 is 0 Å². The molecule has 0 spiro atoms. The van der Waals surface area contributed by atoms with Gasteiger partial charge in [-0.2, -0.15) is 0 Å². The predicted octanol–water partition coefficient (Wildman–Crippen LogP) is 4.82. The number of aliphatic hydroxyl groups is 2. The van der Waals surface area contributed by atoms with Gasteiger partial charge in [0.25, 0.3) is 0 Å². The fraction of sp³-hybridized carbons (Fsp3) is 1.00. The minimum atomic E-state index is -0.0887. The van der Waals surface area contributed by atoms with Crippen LogP contribution in [-0.2, 0) is 0 Å². The molecule has 0 saturated carbocycles. The molecule has 0 bridgehead atoms. The maximum Gasteiger partial charge on any atom is 0.0540 e. The van der Waals surface area contributed by atoms with Crippen molar-refractivity contribution in [2.75, 3.05) is 0 Å². The van der Waals surface area contributed by atoms with Gasteiger partial charge in [0, 0.05) is 0 Å². The van der Waals surface area contributed by atoms with Gasteiger partial charge < -0.3 is 10.2 Å². The first-order valence-corrected chi connectivity index (χ1v) is 8.56. The zero-order valence-corrected chi connectivity index (χ0v) is 13.2. The molecule has 0 saturated heterocycles. The molecule has 2 N–H and O–H groups in total. The molecule has 19 heavy (non-hydrogen) atoms. The van der Waals surface area contributed by atoms with Crippen LogP contribution in [0.15, 0.2) is 0 Å². The van der Waals surface area contributed by atoms with Gasteiger partial charge in [0.1, 0.15) is 0 Å². The Balaban J connectivity index is 3.20. The van der Waals surface area contributed by atoms with Crippen molar-refractivity contribution in [1.82, 2.24) is 0 Å². The van der Waals surface area contributed by atoms with Crippen molar-refractivity contribution < 1.29 is 10.2 Å². The van der Waals surface area contributed by atoms with E-state index in [0.717, 1.165) is 44.9 Å². The number of unbranched alkanes of at least 4 members (excludes halogenated alkanes) is 6. The van der Waals surface area contributed by atoms with Crippen LogP contribution in [0.4, 0.5) is 0 Å². The van der Waals surface area contributed by atoms with Crippen LogP contribution in [0.2, 0.25) is 0 Å². The summed E-state index contributed by atoms with van der Waals surface area (Å²) in [5.41, 5.74) is 0. The summed E-state index contributed by atoms with van der Waals surface area (Å²) in [6, 6.07) is 0. The molecule has 0 aromatic heterocycles. The molecule has 0 aromatic carbocycles. The van der Waals surface area contributed by atoms with Crippen molar-refractivity contribution in [3.8, 4) is 0 Å². The van der Waals surface area contributed by atoms with E-state index in [1.54, 1.807) is 0 Å². The van der Waals surface area contributed by atoms with E-state index in [0.29, 0.717) is 0 Å². The normalized spacial score (nSPS) is 14.5. The smallest absolute Gasteiger partial charge is 0.0540 e. The summed E-state index contributed by atoms with van der Waals surface area (Å²) in [5, 5.41) is 19.4. The molecule has 0 heterocycles. The predicted molar refractivity (Wildman–Crippen MR) is 83.4 cm³/mol. The molecule has 0 aromatic rings. The third-order valence-electron chi connectivity index (χ3n) is 3.84. The van der Waals surface area contributed by atoms with E-state index in [-0.39, 0.29) is 12.2 Å². The first-order valence-electron chi connectivity index (χ1n) is 8.56. The molecule has 0 fully saturated rings. The van der Waals surface area contributed by atoms with Gasteiger partial charge in [-0.25, -0.2) is 0 Å². The van der Waals surface area contributed by atoms with E-state index in [1.165, 1.54) is 38.5 Å². The number of rotatable bonds is 14. The molecule has 2 nitrogen and oxygen atoms in total. The van der Waals surface area contributed by atoms with Crippen LogP contribution in [0.3, 0.4) is 0 Å². The molecule has 0 aliphatic heterocycles. The molecule has 0 aliphatic rings. The Kier molecular flexibility index (Phi) is 14.3. The van der Waals surface area contributed by atoms with E-state index in [9.17, 15) is 10.2 Å². The Morgan fingerprint density at radius 1 is 0.526 bits per heavy atom. The van der Waals surface area contributed by atoms with Crippen molar-refractivity contribution in [3.63, 3.8) is 0 Å². The van der Waals surface area contributed by atoms with Gasteiger partial charge in [-0.05, 0) is 25.7 Å². The zero-order chi connectivity index (χ0) is 14.3. The van der Waals surface area contributed by atoms with Crippen LogP contribution in [0.1, 0.15) is 97.3 Å². The maximum absolute atomic E-state index is 9.82. The molecule has 0 amide bonds. The minimum absolute atomic E-state index is 0.0810. The Hall–Kier alpha value is -0.0800. The number of hydrogen-bond acceptors (Lipinski definition) is 2. The summed E-state index contributed by atoms with van der Waals surface area (Å²) in [4.78, 5) is 0. The first-order chi connectivity index (χ1) is 9.20. The Labute approximate surface area is 120 Å². The molecule has 2 heteroatoms. The monoisotopic (exact) mass is 272 g/mol. The summed E-state index contributed by atoms with van der Waals surface area (Å²) in [6.07, 6.45) is 14.4. The van der Waals surface area contributed by atoms with Crippen LogP contribution in [0.5, 0.6) is 0 Å². The van der Waals surface area contributed by atoms with Crippen molar-refractivity contribution in [1.29, 1.82) is 0 Å². The van der Waals surface area contributed by atoms with Gasteiger partial charge in [0.2, 0.25) is 0 Å². The van der Waals surface area contributed by atoms with Crippen molar-refractivity contribution >= 4 is 0 Å². The molecule has 0 radical (unpaired) electrons. The lowest BCUT2D eigenvalue weighted by molar-refractivity contribution is 0.143. The molecule has 116 valence electrons. The van der Waals surface area contributed by atoms with Gasteiger partial charge in [-0.15, -0.1) is 0 Å². The first kappa shape index (κ1) is 18.9. The second kappa shape index (κ2) is 14.3. The van der Waals surface area contributed by atoms with Gasteiger partial charge in [-0.1, -0.05) is 71.6 Å². The summed E-state index contributed by atoms with van der Waals surface area (Å²) >= 11 is 0. The average Bonchev–Trinajstić information content (AvgIpc) is 2.39. The fourth-order valence-corrected chi connectivity index (χ4v) is 2.54. The standard InChI is InChI=1S/C17H36O2/c1-3-5-6-9-14-17(19)15-11-8-7-10-13-16(18)12-4-2/h16-19H,3-15H2,1-2H3. The Bertz CT molecular complexity index is 171. The lowest BCUT2D eigenvalue weighted by Crippen LogP contribution is -2.06. The average molecular weight is 272 g/mol. The summed E-state index contributed by atoms with van der Waals surface area (Å²) < 4.78 is 0. The van der Waals surface area contributed by atoms with Gasteiger partial charge in [0.05, 0.1) is 12.2 Å². The van der Waals surface area contributed by atoms with Crippen molar-refractivity contribution in [2.24, 2.45) is 0 Å². The second-order valence-electron chi connectivity index (χ2n) is 5.94. The highest BCUT2D eigenvalue weighted by Gasteiger charge is 2.04. The van der Waals surface area contributed by atoms with Crippen LogP contribution >= 0.6 is 0 Å². The molecule has 2 unspecified atom stereocenters. The quantitative estimate of drug-likeness (QED) is 0.445. The summed E-state index contributed by atoms with van der Waals surface area (Å²) in [6.45, 7) is 4.33. The van der Waals surface area contributed by atoms with Gasteiger partial charge >= 0.3 is 0 Å². The van der Waals surface area contributed by atoms with Crippen molar-refractivity contribution in [2.45, 2.75) is 110 Å². The largest absolute Gasteiger partial charge is 0.393 e. The van der Waals surface area contributed by atoms with E-state index in [1.807, 2.05) is 0 Å². The third-order valence-corrected chi connectivity index (χ3v) is 3.84. The number of aliphatic hydroxyl groups excluding tert-OH is 2. The number of hydrogen-bond donors (Lipinski definition) is 2. The van der Waals surface area contributed by atoms with E-state index in [2.05, 4.69) is 13.8 Å². The van der Waals surface area contributed by atoms with E-state index in [4.69, 9.17) is 0 Å². The van der Waals surface area contributed by atoms with E-state index < -0.39 is 0 Å². The van der Waals surface area contributed by atoms with Crippen LogP contribution in [0.25, 0.3) is 0 Å². The molecule has 0 rings (SSSR count). The highest BCUT2D eigenvalue weighted by Crippen LogP contribution is 2.14. The molecule has 0 aliphatic carbocycles. The maximum atomic E-state index is 9.82. The molecular weight excluding hydrogens is 236 g/mol. The van der Waals surface area contributed by atoms with Crippen LogP contribution in [-0.4, -0.2) is 22.4 Å². The SMILES string of the molecule is CCCCCCC(O)CCCCCCC(O)CCC. The van der Waals surface area contributed by atoms with E-state index >= 15 is 0 Å².